The van der Waals surface area contributed by atoms with Gasteiger partial charge in [0, 0.05) is 19.8 Å². The molecule has 2 N–H and O–H groups in total. The Morgan fingerprint density at radius 1 is 1.60 bits per heavy atom. The van der Waals surface area contributed by atoms with Crippen molar-refractivity contribution in [2.24, 2.45) is 0 Å². The molecule has 2 unspecified atom stereocenters. The van der Waals surface area contributed by atoms with E-state index in [1.165, 1.54) is 0 Å². The second kappa shape index (κ2) is 6.80. The maximum absolute atomic E-state index is 11.1. The van der Waals surface area contributed by atoms with E-state index in [2.05, 4.69) is 5.32 Å². The quantitative estimate of drug-likeness (QED) is 0.649. The number of carboxylic acids is 1. The van der Waals surface area contributed by atoms with Gasteiger partial charge < -0.3 is 9.84 Å². The number of hydrogen-bond acceptors (Lipinski definition) is 3. The third-order valence-electron chi connectivity index (χ3n) is 2.54. The van der Waals surface area contributed by atoms with Gasteiger partial charge in [-0.2, -0.15) is 0 Å². The normalized spacial score (nSPS) is 17.1. The molecule has 0 amide bonds. The fraction of sp³-hybridized carbons (Fsp3) is 0.909. The van der Waals surface area contributed by atoms with Crippen molar-refractivity contribution in [3.63, 3.8) is 0 Å². The van der Waals surface area contributed by atoms with Crippen molar-refractivity contribution in [2.75, 3.05) is 13.7 Å². The van der Waals surface area contributed by atoms with Crippen molar-refractivity contribution < 1.29 is 14.6 Å². The second-order valence-electron chi connectivity index (χ2n) is 4.21. The number of aliphatic carboxylic acids is 1. The summed E-state index contributed by atoms with van der Waals surface area (Å²) in [5.41, 5.74) is -0.818. The zero-order valence-corrected chi connectivity index (χ0v) is 10.2. The largest absolute Gasteiger partial charge is 0.480 e. The first-order valence-electron chi connectivity index (χ1n) is 5.46. The van der Waals surface area contributed by atoms with Gasteiger partial charge in [0.25, 0.3) is 0 Å². The summed E-state index contributed by atoms with van der Waals surface area (Å²) >= 11 is 0. The highest BCUT2D eigenvalue weighted by molar-refractivity contribution is 5.78. The van der Waals surface area contributed by atoms with Crippen molar-refractivity contribution >= 4 is 5.97 Å². The van der Waals surface area contributed by atoms with Crippen molar-refractivity contribution in [2.45, 2.75) is 51.6 Å². The van der Waals surface area contributed by atoms with E-state index in [1.54, 1.807) is 14.0 Å². The van der Waals surface area contributed by atoms with E-state index in [1.807, 2.05) is 13.8 Å². The first-order valence-corrected chi connectivity index (χ1v) is 5.46. The molecule has 0 aliphatic heterocycles. The molecule has 0 fully saturated rings. The summed E-state index contributed by atoms with van der Waals surface area (Å²) in [4.78, 5) is 11.1. The molecule has 4 heteroatoms. The average molecular weight is 217 g/mol. The van der Waals surface area contributed by atoms with Crippen LogP contribution in [0.5, 0.6) is 0 Å². The Labute approximate surface area is 92.0 Å². The molecule has 0 spiro atoms. The summed E-state index contributed by atoms with van der Waals surface area (Å²) in [6.07, 6.45) is 2.32. The second-order valence-corrected chi connectivity index (χ2v) is 4.21. The number of rotatable bonds is 8. The fourth-order valence-corrected chi connectivity index (χ4v) is 1.65. The molecule has 90 valence electrons. The molecule has 0 aromatic heterocycles. The lowest BCUT2D eigenvalue weighted by Gasteiger charge is -2.29. The Morgan fingerprint density at radius 3 is 2.60 bits per heavy atom. The van der Waals surface area contributed by atoms with Crippen LogP contribution in [0.4, 0.5) is 0 Å². The lowest BCUT2D eigenvalue weighted by Crippen LogP contribution is -2.53. The summed E-state index contributed by atoms with van der Waals surface area (Å²) < 4.78 is 4.96. The smallest absolute Gasteiger partial charge is 0.323 e. The summed E-state index contributed by atoms with van der Waals surface area (Å²) in [5.74, 6) is -0.784. The predicted molar refractivity (Wildman–Crippen MR) is 60.0 cm³/mol. The molecule has 0 heterocycles. The van der Waals surface area contributed by atoms with Gasteiger partial charge in [0.1, 0.15) is 5.54 Å². The molecule has 0 radical (unpaired) electrons. The van der Waals surface area contributed by atoms with Crippen molar-refractivity contribution in [3.05, 3.63) is 0 Å². The van der Waals surface area contributed by atoms with Crippen LogP contribution in [-0.4, -0.2) is 36.4 Å². The summed E-state index contributed by atoms with van der Waals surface area (Å²) in [6.45, 7) is 6.36. The van der Waals surface area contributed by atoms with Crippen LogP contribution in [0.1, 0.15) is 40.0 Å². The van der Waals surface area contributed by atoms with Gasteiger partial charge in [-0.1, -0.05) is 13.3 Å². The highest BCUT2D eigenvalue weighted by Crippen LogP contribution is 2.14. The van der Waals surface area contributed by atoms with E-state index in [-0.39, 0.29) is 6.04 Å². The van der Waals surface area contributed by atoms with Crippen LogP contribution in [0.2, 0.25) is 0 Å². The molecule has 0 aromatic carbocycles. The summed E-state index contributed by atoms with van der Waals surface area (Å²) in [7, 11) is 1.65. The van der Waals surface area contributed by atoms with Crippen molar-refractivity contribution in [1.29, 1.82) is 0 Å². The van der Waals surface area contributed by atoms with Crippen LogP contribution < -0.4 is 5.32 Å². The van der Waals surface area contributed by atoms with Crippen LogP contribution >= 0.6 is 0 Å². The molecule has 0 rings (SSSR count). The molecule has 0 aliphatic rings. The van der Waals surface area contributed by atoms with Crippen LogP contribution in [-0.2, 0) is 9.53 Å². The summed E-state index contributed by atoms with van der Waals surface area (Å²) in [6, 6.07) is 0.151. The number of methoxy groups -OCH3 is 1. The molecule has 15 heavy (non-hydrogen) atoms. The van der Waals surface area contributed by atoms with E-state index < -0.39 is 11.5 Å². The first kappa shape index (κ1) is 14.4. The van der Waals surface area contributed by atoms with Crippen LogP contribution in [0, 0.1) is 0 Å². The monoisotopic (exact) mass is 217 g/mol. The lowest BCUT2D eigenvalue weighted by molar-refractivity contribution is -0.144. The number of hydrogen-bond donors (Lipinski definition) is 2. The summed E-state index contributed by atoms with van der Waals surface area (Å²) in [5, 5.41) is 12.3. The van der Waals surface area contributed by atoms with E-state index in [0.29, 0.717) is 13.0 Å². The Hall–Kier alpha value is -0.610. The SMILES string of the molecule is CCCC(C)(NC(C)CCOC)C(=O)O. The number of nitrogens with one attached hydrogen (secondary N) is 1. The molecule has 0 aliphatic carbocycles. The topological polar surface area (TPSA) is 58.6 Å². The maximum atomic E-state index is 11.1. The van der Waals surface area contributed by atoms with E-state index in [0.717, 1.165) is 12.8 Å². The number of carboxylic acid groups (broad SMARTS) is 1. The van der Waals surface area contributed by atoms with E-state index in [4.69, 9.17) is 9.84 Å². The third kappa shape index (κ3) is 5.14. The minimum absolute atomic E-state index is 0.151. The van der Waals surface area contributed by atoms with Gasteiger partial charge in [0.2, 0.25) is 0 Å². The molecular weight excluding hydrogens is 194 g/mol. The Morgan fingerprint density at radius 2 is 2.20 bits per heavy atom. The Bertz CT molecular complexity index is 196. The lowest BCUT2D eigenvalue weighted by atomic mass is 9.95. The minimum Gasteiger partial charge on any atom is -0.480 e. The van der Waals surface area contributed by atoms with Gasteiger partial charge in [-0.05, 0) is 26.7 Å². The van der Waals surface area contributed by atoms with Gasteiger partial charge in [-0.3, -0.25) is 10.1 Å². The highest BCUT2D eigenvalue weighted by Gasteiger charge is 2.32. The Kier molecular flexibility index (Phi) is 6.52. The van der Waals surface area contributed by atoms with Gasteiger partial charge in [0.15, 0.2) is 0 Å². The van der Waals surface area contributed by atoms with Crippen LogP contribution in [0.25, 0.3) is 0 Å². The zero-order chi connectivity index (χ0) is 11.9. The molecular formula is C11H23NO3. The third-order valence-corrected chi connectivity index (χ3v) is 2.54. The van der Waals surface area contributed by atoms with Crippen molar-refractivity contribution in [3.8, 4) is 0 Å². The average Bonchev–Trinajstić information content (AvgIpc) is 2.14. The van der Waals surface area contributed by atoms with Gasteiger partial charge in [-0.25, -0.2) is 0 Å². The molecule has 0 saturated carbocycles. The van der Waals surface area contributed by atoms with Gasteiger partial charge in [-0.15, -0.1) is 0 Å². The first-order chi connectivity index (χ1) is 6.96. The van der Waals surface area contributed by atoms with E-state index in [9.17, 15) is 4.79 Å². The predicted octanol–water partition coefficient (Wildman–Crippen LogP) is 1.64. The zero-order valence-electron chi connectivity index (χ0n) is 10.2. The number of carbonyl (C=O) groups is 1. The standard InChI is InChI=1S/C11H23NO3/c1-5-7-11(3,10(13)14)12-9(2)6-8-15-4/h9,12H,5-8H2,1-4H3,(H,13,14). The molecule has 0 saturated heterocycles. The van der Waals surface area contributed by atoms with Gasteiger partial charge in [0.05, 0.1) is 0 Å². The fourth-order valence-electron chi connectivity index (χ4n) is 1.65. The minimum atomic E-state index is -0.818. The maximum Gasteiger partial charge on any atom is 0.323 e. The van der Waals surface area contributed by atoms with Crippen molar-refractivity contribution in [1.82, 2.24) is 5.32 Å². The van der Waals surface area contributed by atoms with Crippen LogP contribution in [0.15, 0.2) is 0 Å². The Balaban J connectivity index is 4.21. The molecule has 2 atom stereocenters. The molecule has 0 aromatic rings. The molecule has 0 bridgehead atoms. The van der Waals surface area contributed by atoms with Gasteiger partial charge >= 0.3 is 5.97 Å². The highest BCUT2D eigenvalue weighted by atomic mass is 16.5. The number of ether oxygens (including phenoxy) is 1. The van der Waals surface area contributed by atoms with E-state index >= 15 is 0 Å². The molecule has 4 nitrogen and oxygen atoms in total. The van der Waals surface area contributed by atoms with Crippen LogP contribution in [0.3, 0.4) is 0 Å².